The monoisotopic (exact) mass is 543 g/mol. The van der Waals surface area contributed by atoms with Crippen molar-refractivity contribution in [3.05, 3.63) is 67.6 Å². The minimum atomic E-state index is -0.870. The van der Waals surface area contributed by atoms with Gasteiger partial charge in [0.15, 0.2) is 0 Å². The standard InChI is InChI=1S/C25H29Cl4N3O2/c1-3-31(4-2)11-12-32(22(23(30)33)13-16-5-6-17(26)14-20(16)28)24(34)25(9-10-25)19-8-7-18(27)15-21(19)29/h5-8,14-15,22H,3-4,9-13H2,1-2H3,(H2,30,33)/t22-/m0/s1. The highest BCUT2D eigenvalue weighted by Crippen LogP contribution is 2.52. The van der Waals surface area contributed by atoms with Gasteiger partial charge in [0.2, 0.25) is 11.8 Å². The molecule has 1 aliphatic carbocycles. The molecule has 34 heavy (non-hydrogen) atoms. The van der Waals surface area contributed by atoms with Crippen molar-refractivity contribution in [2.24, 2.45) is 5.73 Å². The van der Waals surface area contributed by atoms with E-state index in [2.05, 4.69) is 18.7 Å². The summed E-state index contributed by atoms with van der Waals surface area (Å²) in [6.07, 6.45) is 1.48. The summed E-state index contributed by atoms with van der Waals surface area (Å²) in [5.74, 6) is -0.741. The fourth-order valence-electron chi connectivity index (χ4n) is 4.32. The Balaban J connectivity index is 1.98. The van der Waals surface area contributed by atoms with Gasteiger partial charge in [-0.1, -0.05) is 72.4 Å². The van der Waals surface area contributed by atoms with Gasteiger partial charge in [0.1, 0.15) is 6.04 Å². The summed E-state index contributed by atoms with van der Waals surface area (Å²) >= 11 is 25.0. The fraction of sp³-hybridized carbons (Fsp3) is 0.440. The zero-order valence-electron chi connectivity index (χ0n) is 19.3. The lowest BCUT2D eigenvalue weighted by molar-refractivity contribution is -0.141. The molecule has 2 aromatic carbocycles. The number of halogens is 4. The van der Waals surface area contributed by atoms with Gasteiger partial charge in [-0.2, -0.15) is 0 Å². The second-order valence-electron chi connectivity index (χ2n) is 8.59. The summed E-state index contributed by atoms with van der Waals surface area (Å²) in [7, 11) is 0. The average molecular weight is 545 g/mol. The quantitative estimate of drug-likeness (QED) is 0.400. The van der Waals surface area contributed by atoms with Gasteiger partial charge in [0.05, 0.1) is 5.41 Å². The lowest BCUT2D eigenvalue weighted by atomic mass is 9.92. The van der Waals surface area contributed by atoms with E-state index in [0.29, 0.717) is 51.6 Å². The molecule has 5 nitrogen and oxygen atoms in total. The van der Waals surface area contributed by atoms with Crippen LogP contribution in [0.15, 0.2) is 36.4 Å². The molecule has 0 aliphatic heterocycles. The number of carbonyl (C=O) groups excluding carboxylic acids is 2. The molecule has 0 heterocycles. The fourth-order valence-corrected chi connectivity index (χ4v) is 5.40. The van der Waals surface area contributed by atoms with Gasteiger partial charge in [-0.3, -0.25) is 9.59 Å². The first-order valence-electron chi connectivity index (χ1n) is 11.3. The van der Waals surface area contributed by atoms with Crippen LogP contribution in [-0.2, 0) is 21.4 Å². The third-order valence-corrected chi connectivity index (χ3v) is 7.69. The van der Waals surface area contributed by atoms with E-state index in [4.69, 9.17) is 52.1 Å². The van der Waals surface area contributed by atoms with E-state index in [0.717, 1.165) is 18.7 Å². The Morgan fingerprint density at radius 3 is 2.03 bits per heavy atom. The number of hydrogen-bond acceptors (Lipinski definition) is 3. The van der Waals surface area contributed by atoms with Crippen molar-refractivity contribution in [1.82, 2.24) is 9.80 Å². The van der Waals surface area contributed by atoms with Crippen LogP contribution in [0.5, 0.6) is 0 Å². The summed E-state index contributed by atoms with van der Waals surface area (Å²) in [6, 6.07) is 9.39. The lowest BCUT2D eigenvalue weighted by Gasteiger charge is -2.35. The van der Waals surface area contributed by atoms with Crippen LogP contribution in [0.2, 0.25) is 20.1 Å². The first-order chi connectivity index (χ1) is 16.1. The Morgan fingerprint density at radius 1 is 0.941 bits per heavy atom. The van der Waals surface area contributed by atoms with Crippen molar-refractivity contribution in [1.29, 1.82) is 0 Å². The summed E-state index contributed by atoms with van der Waals surface area (Å²) in [4.78, 5) is 30.6. The smallest absolute Gasteiger partial charge is 0.240 e. The maximum atomic E-state index is 14.1. The van der Waals surface area contributed by atoms with Gasteiger partial charge in [-0.05, 0) is 61.3 Å². The van der Waals surface area contributed by atoms with Crippen LogP contribution in [0.1, 0.15) is 37.8 Å². The molecule has 1 aliphatic rings. The first-order valence-corrected chi connectivity index (χ1v) is 12.9. The van der Waals surface area contributed by atoms with Crippen molar-refractivity contribution in [3.63, 3.8) is 0 Å². The molecule has 2 N–H and O–H groups in total. The number of likely N-dealkylation sites (N-methyl/N-ethyl adjacent to an activating group) is 1. The van der Waals surface area contributed by atoms with E-state index < -0.39 is 17.4 Å². The van der Waals surface area contributed by atoms with Crippen LogP contribution in [0, 0.1) is 0 Å². The maximum Gasteiger partial charge on any atom is 0.240 e. The van der Waals surface area contributed by atoms with Gasteiger partial charge in [0, 0.05) is 39.6 Å². The number of nitrogens with two attached hydrogens (primary N) is 1. The lowest BCUT2D eigenvalue weighted by Crippen LogP contribution is -2.54. The van der Waals surface area contributed by atoms with Crippen LogP contribution in [-0.4, -0.2) is 53.8 Å². The Bertz CT molecular complexity index is 1050. The molecule has 2 amide bonds. The van der Waals surface area contributed by atoms with Crippen molar-refractivity contribution < 1.29 is 9.59 Å². The highest BCUT2D eigenvalue weighted by Gasteiger charge is 2.55. The number of primary amides is 1. The molecular weight excluding hydrogens is 516 g/mol. The minimum Gasteiger partial charge on any atom is -0.368 e. The van der Waals surface area contributed by atoms with Crippen molar-refractivity contribution >= 4 is 58.2 Å². The van der Waals surface area contributed by atoms with E-state index in [1.165, 1.54) is 0 Å². The predicted octanol–water partition coefficient (Wildman–Crippen LogP) is 5.60. The zero-order chi connectivity index (χ0) is 25.0. The van der Waals surface area contributed by atoms with Gasteiger partial charge >= 0.3 is 0 Å². The number of benzene rings is 2. The molecule has 0 bridgehead atoms. The third-order valence-electron chi connectivity index (χ3n) is 6.55. The predicted molar refractivity (Wildman–Crippen MR) is 140 cm³/mol. The molecule has 1 fully saturated rings. The van der Waals surface area contributed by atoms with Gasteiger partial charge < -0.3 is 15.5 Å². The Morgan fingerprint density at radius 2 is 1.53 bits per heavy atom. The molecule has 0 unspecified atom stereocenters. The SMILES string of the molecule is CCN(CC)CCN(C(=O)C1(c2ccc(Cl)cc2Cl)CC1)[C@@H](Cc1ccc(Cl)cc1Cl)C(N)=O. The van der Waals surface area contributed by atoms with E-state index in [1.54, 1.807) is 41.3 Å². The molecule has 184 valence electrons. The highest BCUT2D eigenvalue weighted by atomic mass is 35.5. The van der Waals surface area contributed by atoms with Crippen LogP contribution in [0.3, 0.4) is 0 Å². The molecule has 0 aromatic heterocycles. The molecule has 0 saturated heterocycles. The molecule has 0 spiro atoms. The molecular formula is C25H29Cl4N3O2. The summed E-state index contributed by atoms with van der Waals surface area (Å²) in [5, 5.41) is 1.87. The van der Waals surface area contributed by atoms with Crippen LogP contribution < -0.4 is 5.73 Å². The second-order valence-corrected chi connectivity index (χ2v) is 10.3. The number of carbonyl (C=O) groups is 2. The summed E-state index contributed by atoms with van der Waals surface area (Å²) in [5.41, 5.74) is 6.50. The molecule has 2 aromatic rings. The topological polar surface area (TPSA) is 66.6 Å². The average Bonchev–Trinajstić information content (AvgIpc) is 3.58. The normalized spacial score (nSPS) is 15.3. The van der Waals surface area contributed by atoms with E-state index in [-0.39, 0.29) is 12.3 Å². The molecule has 1 atom stereocenters. The van der Waals surface area contributed by atoms with E-state index >= 15 is 0 Å². The zero-order valence-corrected chi connectivity index (χ0v) is 22.3. The Kier molecular flexibility index (Phi) is 9.16. The number of nitrogens with zero attached hydrogens (tertiary/aromatic N) is 2. The van der Waals surface area contributed by atoms with Crippen molar-refractivity contribution in [3.8, 4) is 0 Å². The molecule has 1 saturated carbocycles. The third kappa shape index (κ3) is 6.00. The summed E-state index contributed by atoms with van der Waals surface area (Å²) < 4.78 is 0. The van der Waals surface area contributed by atoms with Gasteiger partial charge in [-0.15, -0.1) is 0 Å². The van der Waals surface area contributed by atoms with Crippen LogP contribution >= 0.6 is 46.4 Å². The Hall–Kier alpha value is -1.50. The van der Waals surface area contributed by atoms with Gasteiger partial charge in [-0.25, -0.2) is 0 Å². The maximum absolute atomic E-state index is 14.1. The van der Waals surface area contributed by atoms with E-state index in [9.17, 15) is 9.59 Å². The summed E-state index contributed by atoms with van der Waals surface area (Å²) in [6.45, 7) is 6.75. The van der Waals surface area contributed by atoms with Crippen molar-refractivity contribution in [2.45, 2.75) is 44.6 Å². The number of hydrogen-bond donors (Lipinski definition) is 1. The molecule has 3 rings (SSSR count). The number of rotatable bonds is 11. The minimum absolute atomic E-state index is 0.155. The molecule has 0 radical (unpaired) electrons. The molecule has 9 heteroatoms. The van der Waals surface area contributed by atoms with Crippen molar-refractivity contribution in [2.75, 3.05) is 26.2 Å². The second kappa shape index (κ2) is 11.5. The Labute approximate surface area is 221 Å². The van der Waals surface area contributed by atoms with Crippen LogP contribution in [0.4, 0.5) is 0 Å². The highest BCUT2D eigenvalue weighted by molar-refractivity contribution is 6.35. The largest absolute Gasteiger partial charge is 0.368 e. The van der Waals surface area contributed by atoms with E-state index in [1.807, 2.05) is 0 Å². The van der Waals surface area contributed by atoms with Gasteiger partial charge in [0.25, 0.3) is 0 Å². The van der Waals surface area contributed by atoms with Crippen LogP contribution in [0.25, 0.3) is 0 Å². The first kappa shape index (κ1) is 27.1. The number of amides is 2.